The van der Waals surface area contributed by atoms with Crippen molar-refractivity contribution in [2.24, 2.45) is 0 Å². The Balaban J connectivity index is 2.00. The van der Waals surface area contributed by atoms with Crippen molar-refractivity contribution in [2.45, 2.75) is 42.7 Å². The van der Waals surface area contributed by atoms with Crippen molar-refractivity contribution in [3.8, 4) is 0 Å². The predicted molar refractivity (Wildman–Crippen MR) is 103 cm³/mol. The van der Waals surface area contributed by atoms with Gasteiger partial charge in [0, 0.05) is 31.1 Å². The molecule has 5 nitrogen and oxygen atoms in total. The molecule has 0 aliphatic heterocycles. The first-order valence-corrected chi connectivity index (χ1v) is 9.76. The van der Waals surface area contributed by atoms with Crippen LogP contribution in [0.1, 0.15) is 36.0 Å². The number of hydrogen-bond donors (Lipinski definition) is 1. The van der Waals surface area contributed by atoms with Crippen molar-refractivity contribution in [3.63, 3.8) is 0 Å². The molecule has 1 saturated carbocycles. The third-order valence-electron chi connectivity index (χ3n) is 4.69. The van der Waals surface area contributed by atoms with E-state index in [1.165, 1.54) is 18.2 Å². The van der Waals surface area contributed by atoms with E-state index in [2.05, 4.69) is 24.3 Å². The fourth-order valence-corrected chi connectivity index (χ4v) is 4.10. The summed E-state index contributed by atoms with van der Waals surface area (Å²) in [5, 5.41) is 3.20. The quantitative estimate of drug-likeness (QED) is 0.789. The molecule has 1 N–H and O–H groups in total. The molecule has 2 amide bonds. The third kappa shape index (κ3) is 5.75. The number of amides is 2. The van der Waals surface area contributed by atoms with Crippen LogP contribution >= 0.6 is 11.8 Å². The molecule has 0 radical (unpaired) electrons. The molecular formula is C19H29N3O2S. The molecule has 0 bridgehead atoms. The normalized spacial score (nSPS) is 20.4. The zero-order chi connectivity index (χ0) is 18.4. The summed E-state index contributed by atoms with van der Waals surface area (Å²) in [7, 11) is 7.68. The summed E-state index contributed by atoms with van der Waals surface area (Å²) >= 11 is 1.42. The van der Waals surface area contributed by atoms with Crippen LogP contribution in [0.2, 0.25) is 0 Å². The second-order valence-corrected chi connectivity index (χ2v) is 8.04. The van der Waals surface area contributed by atoms with Crippen molar-refractivity contribution in [3.05, 3.63) is 29.8 Å². The number of carbonyl (C=O) groups excluding carboxylic acids is 2. The maximum Gasteiger partial charge on any atom is 0.252 e. The van der Waals surface area contributed by atoms with Gasteiger partial charge in [-0.1, -0.05) is 12.1 Å². The van der Waals surface area contributed by atoms with E-state index < -0.39 is 0 Å². The number of hydrogen-bond acceptors (Lipinski definition) is 4. The summed E-state index contributed by atoms with van der Waals surface area (Å²) in [5.41, 5.74) is 0.658. The van der Waals surface area contributed by atoms with Crippen LogP contribution in [0.3, 0.4) is 0 Å². The topological polar surface area (TPSA) is 52.7 Å². The maximum atomic E-state index is 12.8. The van der Waals surface area contributed by atoms with Gasteiger partial charge in [0.2, 0.25) is 5.91 Å². The fourth-order valence-electron chi connectivity index (χ4n) is 3.08. The van der Waals surface area contributed by atoms with E-state index in [1.807, 2.05) is 24.3 Å². The predicted octanol–water partition coefficient (Wildman–Crippen LogP) is 2.47. The van der Waals surface area contributed by atoms with Gasteiger partial charge in [0.15, 0.2) is 0 Å². The highest BCUT2D eigenvalue weighted by atomic mass is 32.2. The van der Waals surface area contributed by atoms with E-state index in [0.717, 1.165) is 24.2 Å². The van der Waals surface area contributed by atoms with Crippen LogP contribution in [-0.4, -0.2) is 67.6 Å². The fraction of sp³-hybridized carbons (Fsp3) is 0.579. The second kappa shape index (κ2) is 9.25. The van der Waals surface area contributed by atoms with Gasteiger partial charge >= 0.3 is 0 Å². The van der Waals surface area contributed by atoms with Crippen molar-refractivity contribution in [2.75, 3.05) is 33.9 Å². The minimum Gasteiger partial charge on any atom is -0.349 e. The lowest BCUT2D eigenvalue weighted by Gasteiger charge is -2.33. The van der Waals surface area contributed by atoms with Gasteiger partial charge < -0.3 is 15.1 Å². The molecule has 1 aromatic rings. The molecule has 2 rings (SSSR count). The number of thioether (sulfide) groups is 1. The zero-order valence-corrected chi connectivity index (χ0v) is 16.4. The first kappa shape index (κ1) is 19.8. The Labute approximate surface area is 155 Å². The Morgan fingerprint density at radius 3 is 2.56 bits per heavy atom. The van der Waals surface area contributed by atoms with Crippen LogP contribution in [0.25, 0.3) is 0 Å². The second-order valence-electron chi connectivity index (χ2n) is 7.03. The summed E-state index contributed by atoms with van der Waals surface area (Å²) in [4.78, 5) is 29.2. The molecule has 138 valence electrons. The molecule has 1 aliphatic rings. The first-order chi connectivity index (χ1) is 11.9. The van der Waals surface area contributed by atoms with Gasteiger partial charge in [-0.25, -0.2) is 0 Å². The highest BCUT2D eigenvalue weighted by molar-refractivity contribution is 8.00. The monoisotopic (exact) mass is 363 g/mol. The lowest BCUT2D eigenvalue weighted by molar-refractivity contribution is -0.125. The van der Waals surface area contributed by atoms with E-state index in [0.29, 0.717) is 17.4 Å². The maximum absolute atomic E-state index is 12.8. The van der Waals surface area contributed by atoms with Crippen LogP contribution in [0.4, 0.5) is 0 Å². The smallest absolute Gasteiger partial charge is 0.252 e. The largest absolute Gasteiger partial charge is 0.349 e. The lowest BCUT2D eigenvalue weighted by Crippen LogP contribution is -2.43. The molecule has 2 atom stereocenters. The van der Waals surface area contributed by atoms with Crippen molar-refractivity contribution in [1.82, 2.24) is 15.1 Å². The van der Waals surface area contributed by atoms with Crippen LogP contribution in [-0.2, 0) is 4.79 Å². The zero-order valence-electron chi connectivity index (χ0n) is 15.6. The molecule has 0 spiro atoms. The Morgan fingerprint density at radius 2 is 1.88 bits per heavy atom. The van der Waals surface area contributed by atoms with Crippen LogP contribution in [0.15, 0.2) is 29.2 Å². The van der Waals surface area contributed by atoms with Gasteiger partial charge in [-0.2, -0.15) is 0 Å². The van der Waals surface area contributed by atoms with Crippen LogP contribution in [0, 0.1) is 0 Å². The SMILES string of the molecule is CN(C)C(=O)CSc1ccccc1C(=O)N[C@@H]1CCC[C@@H](N(C)C)C1. The molecule has 0 unspecified atom stereocenters. The van der Waals surface area contributed by atoms with Gasteiger partial charge in [-0.3, -0.25) is 9.59 Å². The molecule has 25 heavy (non-hydrogen) atoms. The molecule has 0 saturated heterocycles. The third-order valence-corrected chi connectivity index (χ3v) is 5.75. The molecule has 0 aromatic heterocycles. The number of nitrogens with one attached hydrogen (secondary N) is 1. The number of rotatable bonds is 6. The molecule has 1 aromatic carbocycles. The van der Waals surface area contributed by atoms with Crippen molar-refractivity contribution < 1.29 is 9.59 Å². The lowest BCUT2D eigenvalue weighted by atomic mass is 9.90. The highest BCUT2D eigenvalue weighted by Crippen LogP contribution is 2.25. The minimum absolute atomic E-state index is 0.0372. The minimum atomic E-state index is -0.0372. The summed E-state index contributed by atoms with van der Waals surface area (Å²) in [6.07, 6.45) is 4.36. The summed E-state index contributed by atoms with van der Waals surface area (Å²) in [6, 6.07) is 8.27. The Kier molecular flexibility index (Phi) is 7.32. The average Bonchev–Trinajstić information content (AvgIpc) is 2.59. The molecule has 1 aliphatic carbocycles. The van der Waals surface area contributed by atoms with E-state index >= 15 is 0 Å². The van der Waals surface area contributed by atoms with Gasteiger partial charge in [0.25, 0.3) is 5.91 Å². The summed E-state index contributed by atoms with van der Waals surface area (Å²) < 4.78 is 0. The molecule has 1 fully saturated rings. The summed E-state index contributed by atoms with van der Waals surface area (Å²) in [5.74, 6) is 0.342. The van der Waals surface area contributed by atoms with E-state index in [4.69, 9.17) is 0 Å². The molecule has 0 heterocycles. The highest BCUT2D eigenvalue weighted by Gasteiger charge is 2.25. The molecular weight excluding hydrogens is 334 g/mol. The number of carbonyl (C=O) groups is 2. The van der Waals surface area contributed by atoms with E-state index in [9.17, 15) is 9.59 Å². The van der Waals surface area contributed by atoms with Crippen molar-refractivity contribution in [1.29, 1.82) is 0 Å². The van der Waals surface area contributed by atoms with E-state index in [1.54, 1.807) is 19.0 Å². The first-order valence-electron chi connectivity index (χ1n) is 8.77. The standard InChI is InChI=1S/C19H29N3O2S/c1-21(2)15-9-7-8-14(12-15)20-19(24)16-10-5-6-11-17(16)25-13-18(23)22(3)4/h5-6,10-11,14-15H,7-9,12-13H2,1-4H3,(H,20,24)/t14-,15-/m1/s1. The average molecular weight is 364 g/mol. The van der Waals surface area contributed by atoms with Gasteiger partial charge in [-0.05, 0) is 51.9 Å². The van der Waals surface area contributed by atoms with Crippen LogP contribution < -0.4 is 5.32 Å². The molecule has 6 heteroatoms. The number of nitrogens with zero attached hydrogens (tertiary/aromatic N) is 2. The van der Waals surface area contributed by atoms with Gasteiger partial charge in [0.05, 0.1) is 11.3 Å². The van der Waals surface area contributed by atoms with E-state index in [-0.39, 0.29) is 17.9 Å². The Morgan fingerprint density at radius 1 is 1.16 bits per heavy atom. The Hall–Kier alpha value is -1.53. The van der Waals surface area contributed by atoms with Gasteiger partial charge in [-0.15, -0.1) is 11.8 Å². The van der Waals surface area contributed by atoms with Crippen LogP contribution in [0.5, 0.6) is 0 Å². The van der Waals surface area contributed by atoms with Gasteiger partial charge in [0.1, 0.15) is 0 Å². The summed E-state index contributed by atoms with van der Waals surface area (Å²) in [6.45, 7) is 0. The number of benzene rings is 1. The van der Waals surface area contributed by atoms with Crippen molar-refractivity contribution >= 4 is 23.6 Å². The Bertz CT molecular complexity index is 604.